The van der Waals surface area contributed by atoms with Crippen LogP contribution in [-0.4, -0.2) is 30.1 Å². The molecule has 122 valence electrons. The second-order valence-electron chi connectivity index (χ2n) is 5.54. The van der Waals surface area contributed by atoms with E-state index in [9.17, 15) is 4.79 Å². The van der Waals surface area contributed by atoms with Gasteiger partial charge in [0.1, 0.15) is 5.01 Å². The number of benzene rings is 1. The van der Waals surface area contributed by atoms with Crippen LogP contribution in [0.3, 0.4) is 0 Å². The summed E-state index contributed by atoms with van der Waals surface area (Å²) in [6.45, 7) is 2.26. The Bertz CT molecular complexity index is 607. The maximum Gasteiger partial charge on any atom is 0.251 e. The van der Waals surface area contributed by atoms with Crippen LogP contribution in [0.15, 0.2) is 35.8 Å². The Kier molecular flexibility index (Phi) is 5.60. The molecule has 1 fully saturated rings. The summed E-state index contributed by atoms with van der Waals surface area (Å²) >= 11 is 1.54. The summed E-state index contributed by atoms with van der Waals surface area (Å²) in [7, 11) is 0. The van der Waals surface area contributed by atoms with Gasteiger partial charge in [0, 0.05) is 36.0 Å². The second kappa shape index (κ2) is 8.08. The van der Waals surface area contributed by atoms with E-state index >= 15 is 0 Å². The zero-order valence-electron chi connectivity index (χ0n) is 13.0. The van der Waals surface area contributed by atoms with E-state index in [1.54, 1.807) is 6.20 Å². The molecule has 0 radical (unpaired) electrons. The molecule has 2 heterocycles. The highest BCUT2D eigenvalue weighted by atomic mass is 32.1. The van der Waals surface area contributed by atoms with Crippen LogP contribution in [0.25, 0.3) is 0 Å². The first-order valence-electron chi connectivity index (χ1n) is 7.93. The summed E-state index contributed by atoms with van der Waals surface area (Å²) < 4.78 is 5.60. The quantitative estimate of drug-likeness (QED) is 0.818. The third-order valence-electron chi connectivity index (χ3n) is 3.85. The summed E-state index contributed by atoms with van der Waals surface area (Å²) in [6.07, 6.45) is 5.51. The van der Waals surface area contributed by atoms with Gasteiger partial charge in [-0.2, -0.15) is 0 Å². The van der Waals surface area contributed by atoms with Crippen molar-refractivity contribution in [3.63, 3.8) is 0 Å². The maximum atomic E-state index is 12.1. The summed E-state index contributed by atoms with van der Waals surface area (Å²) in [5.74, 6) is -0.0777. The molecular formula is C17H21N3O2S. The van der Waals surface area contributed by atoms with Gasteiger partial charge in [0.25, 0.3) is 5.91 Å². The number of nitrogens with one attached hydrogen (secondary N) is 2. The van der Waals surface area contributed by atoms with E-state index < -0.39 is 0 Å². The van der Waals surface area contributed by atoms with E-state index in [1.807, 2.05) is 29.6 Å². The van der Waals surface area contributed by atoms with Gasteiger partial charge in [0.2, 0.25) is 0 Å². The lowest BCUT2D eigenvalue weighted by Gasteiger charge is -2.11. The Morgan fingerprint density at radius 3 is 2.91 bits per heavy atom. The summed E-state index contributed by atoms with van der Waals surface area (Å²) in [5, 5.41) is 9.05. The highest BCUT2D eigenvalue weighted by Gasteiger charge is 2.14. The topological polar surface area (TPSA) is 63.2 Å². The summed E-state index contributed by atoms with van der Waals surface area (Å²) in [6, 6.07) is 7.55. The lowest BCUT2D eigenvalue weighted by atomic mass is 10.1. The molecule has 1 aromatic heterocycles. The number of thiazole rings is 1. The van der Waals surface area contributed by atoms with Crippen molar-refractivity contribution in [2.24, 2.45) is 0 Å². The van der Waals surface area contributed by atoms with Crippen LogP contribution in [0.1, 0.15) is 34.6 Å². The van der Waals surface area contributed by atoms with Crippen molar-refractivity contribution in [2.45, 2.75) is 31.9 Å². The SMILES string of the molecule is O=C(NCc1nccs1)c1ccc(NCCC2CCCO2)cc1. The Hall–Kier alpha value is -1.92. The summed E-state index contributed by atoms with van der Waals surface area (Å²) in [4.78, 5) is 16.2. The normalized spacial score (nSPS) is 17.1. The van der Waals surface area contributed by atoms with Gasteiger partial charge in [-0.25, -0.2) is 4.98 Å². The van der Waals surface area contributed by atoms with E-state index in [0.717, 1.165) is 30.3 Å². The number of carbonyl (C=O) groups is 1. The van der Waals surface area contributed by atoms with Crippen molar-refractivity contribution < 1.29 is 9.53 Å². The number of amides is 1. The van der Waals surface area contributed by atoms with E-state index in [1.165, 1.54) is 24.2 Å². The highest BCUT2D eigenvalue weighted by molar-refractivity contribution is 7.09. The molecule has 1 unspecified atom stereocenters. The van der Waals surface area contributed by atoms with Crippen molar-refractivity contribution in [3.8, 4) is 0 Å². The van der Waals surface area contributed by atoms with Crippen LogP contribution >= 0.6 is 11.3 Å². The largest absolute Gasteiger partial charge is 0.385 e. The number of ether oxygens (including phenoxy) is 1. The van der Waals surface area contributed by atoms with Crippen LogP contribution in [0, 0.1) is 0 Å². The zero-order chi connectivity index (χ0) is 15.9. The molecule has 0 saturated carbocycles. The number of rotatable bonds is 7. The van der Waals surface area contributed by atoms with Crippen LogP contribution in [-0.2, 0) is 11.3 Å². The van der Waals surface area contributed by atoms with Crippen LogP contribution in [0.5, 0.6) is 0 Å². The van der Waals surface area contributed by atoms with Crippen molar-refractivity contribution in [2.75, 3.05) is 18.5 Å². The van der Waals surface area contributed by atoms with Gasteiger partial charge in [-0.1, -0.05) is 0 Å². The molecule has 2 N–H and O–H groups in total. The lowest BCUT2D eigenvalue weighted by molar-refractivity contribution is 0.0951. The number of aromatic nitrogens is 1. The van der Waals surface area contributed by atoms with Crippen molar-refractivity contribution in [1.82, 2.24) is 10.3 Å². The molecule has 0 bridgehead atoms. The van der Waals surface area contributed by atoms with Gasteiger partial charge in [-0.05, 0) is 43.5 Å². The standard InChI is InChI=1S/C17H21N3O2S/c21-17(20-12-16-19-9-11-23-16)13-3-5-14(6-4-13)18-8-7-15-2-1-10-22-15/h3-6,9,11,15,18H,1-2,7-8,10,12H2,(H,20,21). The Morgan fingerprint density at radius 2 is 2.22 bits per heavy atom. The molecule has 5 nitrogen and oxygen atoms in total. The zero-order valence-corrected chi connectivity index (χ0v) is 13.8. The predicted molar refractivity (Wildman–Crippen MR) is 91.8 cm³/mol. The van der Waals surface area contributed by atoms with Crippen LogP contribution in [0.4, 0.5) is 5.69 Å². The van der Waals surface area contributed by atoms with E-state index in [-0.39, 0.29) is 5.91 Å². The average Bonchev–Trinajstić information content (AvgIpc) is 3.27. The van der Waals surface area contributed by atoms with Crippen molar-refractivity contribution >= 4 is 22.9 Å². The first kappa shape index (κ1) is 16.0. The average molecular weight is 331 g/mol. The fourth-order valence-corrected chi connectivity index (χ4v) is 3.14. The van der Waals surface area contributed by atoms with Gasteiger partial charge in [-0.15, -0.1) is 11.3 Å². The molecule has 23 heavy (non-hydrogen) atoms. The number of carbonyl (C=O) groups excluding carboxylic acids is 1. The number of hydrogen-bond donors (Lipinski definition) is 2. The summed E-state index contributed by atoms with van der Waals surface area (Å²) in [5.41, 5.74) is 1.69. The highest BCUT2D eigenvalue weighted by Crippen LogP contribution is 2.16. The molecular weight excluding hydrogens is 310 g/mol. The number of anilines is 1. The van der Waals surface area contributed by atoms with Crippen LogP contribution < -0.4 is 10.6 Å². The molecule has 1 aromatic carbocycles. The smallest absolute Gasteiger partial charge is 0.251 e. The Balaban J connectivity index is 1.43. The fourth-order valence-electron chi connectivity index (χ4n) is 2.59. The molecule has 3 rings (SSSR count). The minimum Gasteiger partial charge on any atom is -0.385 e. The van der Waals surface area contributed by atoms with E-state index in [2.05, 4.69) is 15.6 Å². The maximum absolute atomic E-state index is 12.1. The third-order valence-corrected chi connectivity index (χ3v) is 4.63. The first-order chi connectivity index (χ1) is 11.3. The van der Waals surface area contributed by atoms with Gasteiger partial charge < -0.3 is 15.4 Å². The number of nitrogens with zero attached hydrogens (tertiary/aromatic N) is 1. The molecule has 6 heteroatoms. The van der Waals surface area contributed by atoms with E-state index in [4.69, 9.17) is 4.74 Å². The Morgan fingerprint density at radius 1 is 1.35 bits per heavy atom. The molecule has 2 aromatic rings. The minimum absolute atomic E-state index is 0.0777. The molecule has 1 amide bonds. The van der Waals surface area contributed by atoms with Gasteiger partial charge >= 0.3 is 0 Å². The molecule has 0 aliphatic carbocycles. The van der Waals surface area contributed by atoms with Crippen LogP contribution in [0.2, 0.25) is 0 Å². The van der Waals surface area contributed by atoms with Gasteiger partial charge in [0.05, 0.1) is 12.6 Å². The molecule has 0 spiro atoms. The molecule has 1 saturated heterocycles. The van der Waals surface area contributed by atoms with Crippen molar-refractivity contribution in [1.29, 1.82) is 0 Å². The molecule has 1 atom stereocenters. The first-order valence-corrected chi connectivity index (χ1v) is 8.81. The predicted octanol–water partition coefficient (Wildman–Crippen LogP) is 3.05. The Labute approximate surface area is 140 Å². The fraction of sp³-hybridized carbons (Fsp3) is 0.412. The van der Waals surface area contributed by atoms with Gasteiger partial charge in [-0.3, -0.25) is 4.79 Å². The van der Waals surface area contributed by atoms with Crippen molar-refractivity contribution in [3.05, 3.63) is 46.4 Å². The van der Waals surface area contributed by atoms with E-state index in [0.29, 0.717) is 18.2 Å². The second-order valence-corrected chi connectivity index (χ2v) is 6.52. The third kappa shape index (κ3) is 4.77. The lowest BCUT2D eigenvalue weighted by Crippen LogP contribution is -2.22. The van der Waals surface area contributed by atoms with Gasteiger partial charge in [0.15, 0.2) is 0 Å². The minimum atomic E-state index is -0.0777. The number of hydrogen-bond acceptors (Lipinski definition) is 5. The molecule has 1 aliphatic rings. The monoisotopic (exact) mass is 331 g/mol. The molecule has 1 aliphatic heterocycles.